The smallest absolute Gasteiger partial charge is 0.404 e. The summed E-state index contributed by atoms with van der Waals surface area (Å²) in [7, 11) is 1.50. The zero-order valence-electron chi connectivity index (χ0n) is 18.7. The van der Waals surface area contributed by atoms with E-state index in [1.54, 1.807) is 6.92 Å². The first kappa shape index (κ1) is 24.2. The lowest BCUT2D eigenvalue weighted by molar-refractivity contribution is -0.274. The summed E-state index contributed by atoms with van der Waals surface area (Å²) in [5.41, 5.74) is 3.31. The number of carbonyl (C=O) groups excluding carboxylic acids is 1. The van der Waals surface area contributed by atoms with E-state index < -0.39 is 24.2 Å². The van der Waals surface area contributed by atoms with Gasteiger partial charge in [0.25, 0.3) is 0 Å². The van der Waals surface area contributed by atoms with Crippen LogP contribution in [0.2, 0.25) is 5.02 Å². The van der Waals surface area contributed by atoms with Gasteiger partial charge in [-0.15, -0.1) is 13.2 Å². The summed E-state index contributed by atoms with van der Waals surface area (Å²) >= 11 is 6.18. The monoisotopic (exact) mass is 495 g/mol. The third-order valence-corrected chi connectivity index (χ3v) is 6.12. The fourth-order valence-corrected chi connectivity index (χ4v) is 4.38. The van der Waals surface area contributed by atoms with Gasteiger partial charge in [0.2, 0.25) is 0 Å². The molecule has 0 aliphatic carbocycles. The third kappa shape index (κ3) is 5.23. The largest absolute Gasteiger partial charge is 0.573 e. The Bertz CT molecular complexity index is 1090. The van der Waals surface area contributed by atoms with E-state index in [0.717, 1.165) is 31.9 Å². The second kappa shape index (κ2) is 9.71. The standard InChI is InChI=1S/C23H25ClF3N5O2/c1-14-11-16-12-20(34-23(25,26)27)19(24)13-18(16)21(30-32(14)22(33)28-2)15-3-5-17(6-4-15)31-9-7-29-8-10-31/h3-6,12-14,29H,7-11H2,1-2H3,(H,28,33). The van der Waals surface area contributed by atoms with Crippen molar-refractivity contribution in [3.8, 4) is 5.75 Å². The molecule has 2 amide bonds. The quantitative estimate of drug-likeness (QED) is 0.675. The van der Waals surface area contributed by atoms with Gasteiger partial charge in [-0.1, -0.05) is 23.7 Å². The number of benzene rings is 2. The average Bonchev–Trinajstić information content (AvgIpc) is 2.94. The maximum Gasteiger partial charge on any atom is 0.573 e. The number of piperazine rings is 1. The number of anilines is 1. The van der Waals surface area contributed by atoms with E-state index in [4.69, 9.17) is 11.6 Å². The summed E-state index contributed by atoms with van der Waals surface area (Å²) in [4.78, 5) is 14.8. The van der Waals surface area contributed by atoms with E-state index in [1.165, 1.54) is 24.2 Å². The zero-order chi connectivity index (χ0) is 24.5. The van der Waals surface area contributed by atoms with Crippen molar-refractivity contribution in [2.75, 3.05) is 38.1 Å². The topological polar surface area (TPSA) is 69.2 Å². The predicted octanol–water partition coefficient (Wildman–Crippen LogP) is 3.99. The lowest BCUT2D eigenvalue weighted by atomic mass is 9.94. The van der Waals surface area contributed by atoms with Crippen LogP contribution in [0.5, 0.6) is 5.75 Å². The van der Waals surface area contributed by atoms with E-state index in [9.17, 15) is 18.0 Å². The summed E-state index contributed by atoms with van der Waals surface area (Å²) in [6.07, 6.45) is -4.61. The average molecular weight is 496 g/mol. The molecule has 0 bridgehead atoms. The number of carbonyl (C=O) groups is 1. The number of nitrogens with one attached hydrogen (secondary N) is 2. The van der Waals surface area contributed by atoms with Crippen molar-refractivity contribution < 1.29 is 22.7 Å². The zero-order valence-corrected chi connectivity index (χ0v) is 19.5. The Hall–Kier alpha value is -2.98. The third-order valence-electron chi connectivity index (χ3n) is 5.82. The molecular weight excluding hydrogens is 471 g/mol. The Morgan fingerprint density at radius 3 is 2.50 bits per heavy atom. The minimum atomic E-state index is -4.88. The van der Waals surface area contributed by atoms with Crippen molar-refractivity contribution in [1.29, 1.82) is 0 Å². The Labute approximate surface area is 200 Å². The van der Waals surface area contributed by atoms with E-state index in [2.05, 4.69) is 25.4 Å². The molecule has 2 N–H and O–H groups in total. The highest BCUT2D eigenvalue weighted by Crippen LogP contribution is 2.36. The SMILES string of the molecule is CNC(=O)N1N=C(c2ccc(N3CCNCC3)cc2)c2cc(Cl)c(OC(F)(F)F)cc2CC1C. The summed E-state index contributed by atoms with van der Waals surface area (Å²) in [5, 5.41) is 11.6. The molecule has 11 heteroatoms. The van der Waals surface area contributed by atoms with E-state index >= 15 is 0 Å². The van der Waals surface area contributed by atoms with Gasteiger partial charge in [0.15, 0.2) is 0 Å². The second-order valence-electron chi connectivity index (χ2n) is 8.17. The van der Waals surface area contributed by atoms with Crippen molar-refractivity contribution >= 4 is 29.0 Å². The lowest BCUT2D eigenvalue weighted by Gasteiger charge is -2.29. The molecule has 0 saturated carbocycles. The minimum Gasteiger partial charge on any atom is -0.404 e. The fraction of sp³-hybridized carbons (Fsp3) is 0.391. The van der Waals surface area contributed by atoms with Crippen molar-refractivity contribution in [2.24, 2.45) is 5.10 Å². The minimum absolute atomic E-state index is 0.192. The Balaban J connectivity index is 1.78. The van der Waals surface area contributed by atoms with Crippen LogP contribution in [0.3, 0.4) is 0 Å². The number of rotatable bonds is 3. The van der Waals surface area contributed by atoms with Gasteiger partial charge in [0.05, 0.1) is 16.8 Å². The highest BCUT2D eigenvalue weighted by atomic mass is 35.5. The van der Waals surface area contributed by atoms with Crippen molar-refractivity contribution in [1.82, 2.24) is 15.6 Å². The molecule has 2 heterocycles. The first-order chi connectivity index (χ1) is 16.2. The fourth-order valence-electron chi connectivity index (χ4n) is 4.18. The van der Waals surface area contributed by atoms with Gasteiger partial charge in [-0.05, 0) is 43.2 Å². The van der Waals surface area contributed by atoms with Crippen LogP contribution in [0.15, 0.2) is 41.5 Å². The van der Waals surface area contributed by atoms with Gasteiger partial charge >= 0.3 is 12.4 Å². The number of fused-ring (bicyclic) bond motifs is 1. The molecule has 1 saturated heterocycles. The molecule has 1 unspecified atom stereocenters. The number of ether oxygens (including phenoxy) is 1. The predicted molar refractivity (Wildman–Crippen MR) is 125 cm³/mol. The van der Waals surface area contributed by atoms with E-state index in [1.807, 2.05) is 24.3 Å². The van der Waals surface area contributed by atoms with Gasteiger partial charge in [-0.2, -0.15) is 5.10 Å². The Kier molecular flexibility index (Phi) is 6.90. The van der Waals surface area contributed by atoms with Crippen molar-refractivity contribution in [3.63, 3.8) is 0 Å². The number of nitrogens with zero attached hydrogens (tertiary/aromatic N) is 3. The summed E-state index contributed by atoms with van der Waals surface area (Å²) in [6.45, 7) is 5.37. The molecule has 1 atom stereocenters. The van der Waals surface area contributed by atoms with Crippen LogP contribution in [0.1, 0.15) is 23.6 Å². The van der Waals surface area contributed by atoms with Crippen LogP contribution >= 0.6 is 11.6 Å². The van der Waals surface area contributed by atoms with Crippen LogP contribution in [-0.4, -0.2) is 62.4 Å². The maximum atomic E-state index is 12.9. The summed E-state index contributed by atoms with van der Waals surface area (Å²) in [6, 6.07) is 9.59. The van der Waals surface area contributed by atoms with Gasteiger partial charge in [-0.25, -0.2) is 9.80 Å². The number of hydrazone groups is 1. The highest BCUT2D eigenvalue weighted by Gasteiger charge is 2.34. The van der Waals surface area contributed by atoms with E-state index in [-0.39, 0.29) is 11.4 Å². The molecule has 1 fully saturated rings. The maximum absolute atomic E-state index is 12.9. The first-order valence-corrected chi connectivity index (χ1v) is 11.3. The van der Waals surface area contributed by atoms with Crippen LogP contribution < -0.4 is 20.3 Å². The number of halogens is 4. The van der Waals surface area contributed by atoms with Crippen LogP contribution in [0, 0.1) is 0 Å². The number of hydrogen-bond donors (Lipinski definition) is 2. The molecule has 0 spiro atoms. The molecule has 0 aromatic heterocycles. The molecule has 34 heavy (non-hydrogen) atoms. The van der Waals surface area contributed by atoms with E-state index in [0.29, 0.717) is 22.4 Å². The molecule has 2 aliphatic rings. The van der Waals surface area contributed by atoms with Crippen LogP contribution in [0.4, 0.5) is 23.7 Å². The van der Waals surface area contributed by atoms with Crippen LogP contribution in [-0.2, 0) is 6.42 Å². The second-order valence-corrected chi connectivity index (χ2v) is 8.58. The molecule has 2 aliphatic heterocycles. The molecule has 182 valence electrons. The Morgan fingerprint density at radius 1 is 1.21 bits per heavy atom. The molecule has 0 radical (unpaired) electrons. The number of urea groups is 1. The number of amides is 2. The normalized spacial score (nSPS) is 18.6. The molecule has 2 aromatic rings. The first-order valence-electron chi connectivity index (χ1n) is 10.9. The molecule has 2 aromatic carbocycles. The van der Waals surface area contributed by atoms with Crippen molar-refractivity contribution in [3.05, 3.63) is 58.1 Å². The Morgan fingerprint density at radius 2 is 1.88 bits per heavy atom. The van der Waals surface area contributed by atoms with Gasteiger partial charge in [0.1, 0.15) is 5.75 Å². The molecule has 7 nitrogen and oxygen atoms in total. The highest BCUT2D eigenvalue weighted by molar-refractivity contribution is 6.32. The lowest BCUT2D eigenvalue weighted by Crippen LogP contribution is -2.43. The number of hydrogen-bond acceptors (Lipinski definition) is 5. The van der Waals surface area contributed by atoms with Crippen molar-refractivity contribution in [2.45, 2.75) is 25.7 Å². The van der Waals surface area contributed by atoms with Gasteiger partial charge in [0, 0.05) is 50.0 Å². The number of alkyl halides is 3. The summed E-state index contributed by atoms with van der Waals surface area (Å²) in [5.74, 6) is -0.484. The van der Waals surface area contributed by atoms with Gasteiger partial charge in [-0.3, -0.25) is 0 Å². The molecule has 4 rings (SSSR count). The van der Waals surface area contributed by atoms with Crippen LogP contribution in [0.25, 0.3) is 0 Å². The summed E-state index contributed by atoms with van der Waals surface area (Å²) < 4.78 is 42.8. The molecular formula is C23H25ClF3N5O2. The van der Waals surface area contributed by atoms with Gasteiger partial charge < -0.3 is 20.3 Å².